The molecular formula is C33H37NO5. The highest BCUT2D eigenvalue weighted by Crippen LogP contribution is 2.43. The van der Waals surface area contributed by atoms with E-state index in [2.05, 4.69) is 20.8 Å². The third kappa shape index (κ3) is 5.42. The zero-order chi connectivity index (χ0) is 28.5. The molecule has 0 saturated carbocycles. The Morgan fingerprint density at radius 1 is 0.974 bits per heavy atom. The van der Waals surface area contributed by atoms with Gasteiger partial charge < -0.3 is 14.6 Å². The minimum atomic E-state index is -0.804. The SMILES string of the molecule is CCOc1ccc(N2C(=O)C(=O)/C(=C(\O)c3ccc(OC)c(C(C)C)c3)C2c2ccc(C(C)(C)C)cc2)cc1. The summed E-state index contributed by atoms with van der Waals surface area (Å²) in [6, 6.07) is 19.5. The van der Waals surface area contributed by atoms with E-state index >= 15 is 0 Å². The van der Waals surface area contributed by atoms with E-state index in [1.54, 1.807) is 43.5 Å². The fraction of sp³-hybridized carbons (Fsp3) is 0.333. The number of methoxy groups -OCH3 is 1. The molecular weight excluding hydrogens is 490 g/mol. The minimum absolute atomic E-state index is 0.0530. The summed E-state index contributed by atoms with van der Waals surface area (Å²) in [6.45, 7) is 12.9. The molecule has 0 aromatic heterocycles. The molecule has 0 bridgehead atoms. The molecule has 1 aliphatic heterocycles. The molecule has 1 unspecified atom stereocenters. The molecule has 39 heavy (non-hydrogen) atoms. The van der Waals surface area contributed by atoms with E-state index in [-0.39, 0.29) is 22.7 Å². The van der Waals surface area contributed by atoms with Gasteiger partial charge in [-0.1, -0.05) is 58.9 Å². The van der Waals surface area contributed by atoms with E-state index in [1.807, 2.05) is 51.1 Å². The lowest BCUT2D eigenvalue weighted by molar-refractivity contribution is -0.132. The van der Waals surface area contributed by atoms with Crippen LogP contribution in [0.5, 0.6) is 11.5 Å². The van der Waals surface area contributed by atoms with Gasteiger partial charge in [0.05, 0.1) is 25.3 Å². The smallest absolute Gasteiger partial charge is 0.300 e. The normalized spacial score (nSPS) is 17.1. The van der Waals surface area contributed by atoms with E-state index < -0.39 is 17.7 Å². The Kier molecular flexibility index (Phi) is 7.86. The van der Waals surface area contributed by atoms with Crippen LogP contribution in [0.2, 0.25) is 0 Å². The zero-order valence-corrected chi connectivity index (χ0v) is 23.7. The second-order valence-corrected chi connectivity index (χ2v) is 11.1. The predicted octanol–water partition coefficient (Wildman–Crippen LogP) is 7.14. The van der Waals surface area contributed by atoms with Crippen LogP contribution in [0.1, 0.15) is 75.8 Å². The number of carbonyl (C=O) groups excluding carboxylic acids is 2. The number of ketones is 1. The van der Waals surface area contributed by atoms with Crippen LogP contribution in [-0.4, -0.2) is 30.5 Å². The number of nitrogens with zero attached hydrogens (tertiary/aromatic N) is 1. The number of anilines is 1. The van der Waals surface area contributed by atoms with Gasteiger partial charge in [-0.15, -0.1) is 0 Å². The molecule has 6 heteroatoms. The molecule has 1 amide bonds. The maximum atomic E-state index is 13.6. The Hall–Kier alpha value is -4.06. The standard InChI is InChI=1S/C33H37NO5/c1-8-39-25-16-14-24(15-17-25)34-29(21-9-12-23(13-10-21)33(4,5)6)28(31(36)32(34)37)30(35)22-11-18-27(38-7)26(19-22)20(2)3/h9-20,29,35H,8H2,1-7H3/b30-28-. The molecule has 0 spiro atoms. The Morgan fingerprint density at radius 3 is 2.15 bits per heavy atom. The van der Waals surface area contributed by atoms with Crippen molar-refractivity contribution in [3.05, 3.63) is 94.6 Å². The second kappa shape index (κ2) is 11.0. The van der Waals surface area contributed by atoms with E-state index in [4.69, 9.17) is 9.47 Å². The summed E-state index contributed by atoms with van der Waals surface area (Å²) in [5.41, 5.74) is 3.75. The van der Waals surface area contributed by atoms with E-state index in [1.165, 1.54) is 4.90 Å². The fourth-order valence-electron chi connectivity index (χ4n) is 4.94. The predicted molar refractivity (Wildman–Crippen MR) is 155 cm³/mol. The average Bonchev–Trinajstić information content (AvgIpc) is 3.18. The van der Waals surface area contributed by atoms with Crippen LogP contribution in [0.3, 0.4) is 0 Å². The summed E-state index contributed by atoms with van der Waals surface area (Å²) in [4.78, 5) is 28.6. The third-order valence-corrected chi connectivity index (χ3v) is 7.09. The van der Waals surface area contributed by atoms with Crippen molar-refractivity contribution in [1.82, 2.24) is 0 Å². The van der Waals surface area contributed by atoms with Gasteiger partial charge in [0.1, 0.15) is 17.3 Å². The number of hydrogen-bond acceptors (Lipinski definition) is 5. The maximum absolute atomic E-state index is 13.6. The van der Waals surface area contributed by atoms with Gasteiger partial charge in [0.15, 0.2) is 0 Å². The van der Waals surface area contributed by atoms with Gasteiger partial charge in [-0.25, -0.2) is 0 Å². The van der Waals surface area contributed by atoms with E-state index in [0.29, 0.717) is 29.4 Å². The molecule has 204 valence electrons. The molecule has 0 aliphatic carbocycles. The largest absolute Gasteiger partial charge is 0.507 e. The summed E-state index contributed by atoms with van der Waals surface area (Å²) >= 11 is 0. The van der Waals surface area contributed by atoms with Crippen LogP contribution in [0, 0.1) is 0 Å². The molecule has 1 heterocycles. The van der Waals surface area contributed by atoms with Crippen LogP contribution in [0.4, 0.5) is 5.69 Å². The van der Waals surface area contributed by atoms with Crippen molar-refractivity contribution in [2.75, 3.05) is 18.6 Å². The Balaban J connectivity index is 1.91. The van der Waals surface area contributed by atoms with Gasteiger partial charge in [-0.3, -0.25) is 14.5 Å². The molecule has 4 rings (SSSR count). The van der Waals surface area contributed by atoms with Crippen LogP contribution in [-0.2, 0) is 15.0 Å². The molecule has 1 N–H and O–H groups in total. The van der Waals surface area contributed by atoms with E-state index in [9.17, 15) is 14.7 Å². The quantitative estimate of drug-likeness (QED) is 0.201. The van der Waals surface area contributed by atoms with Crippen molar-refractivity contribution in [3.8, 4) is 11.5 Å². The van der Waals surface area contributed by atoms with Crippen molar-refractivity contribution < 1.29 is 24.2 Å². The number of benzene rings is 3. The van der Waals surface area contributed by atoms with Gasteiger partial charge in [0.25, 0.3) is 11.7 Å². The number of carbonyl (C=O) groups is 2. The average molecular weight is 528 g/mol. The van der Waals surface area contributed by atoms with Crippen molar-refractivity contribution in [3.63, 3.8) is 0 Å². The van der Waals surface area contributed by atoms with Crippen LogP contribution >= 0.6 is 0 Å². The zero-order valence-electron chi connectivity index (χ0n) is 23.7. The first-order chi connectivity index (χ1) is 18.5. The lowest BCUT2D eigenvalue weighted by Crippen LogP contribution is -2.29. The molecule has 6 nitrogen and oxygen atoms in total. The first kappa shape index (κ1) is 28.0. The van der Waals surface area contributed by atoms with Gasteiger partial charge in [-0.2, -0.15) is 0 Å². The Bertz CT molecular complexity index is 1400. The Morgan fingerprint density at radius 2 is 1.62 bits per heavy atom. The van der Waals surface area contributed by atoms with Crippen molar-refractivity contribution in [2.24, 2.45) is 0 Å². The van der Waals surface area contributed by atoms with Crippen molar-refractivity contribution in [2.45, 2.75) is 58.9 Å². The number of Topliss-reactive ketones (excluding diaryl/α,β-unsaturated/α-hetero) is 1. The number of aliphatic hydroxyl groups is 1. The highest BCUT2D eigenvalue weighted by molar-refractivity contribution is 6.51. The second-order valence-electron chi connectivity index (χ2n) is 11.1. The van der Waals surface area contributed by atoms with Crippen molar-refractivity contribution >= 4 is 23.1 Å². The highest BCUT2D eigenvalue weighted by atomic mass is 16.5. The van der Waals surface area contributed by atoms with Gasteiger partial charge in [-0.05, 0) is 77.4 Å². The highest BCUT2D eigenvalue weighted by Gasteiger charge is 2.47. The maximum Gasteiger partial charge on any atom is 0.300 e. The summed E-state index contributed by atoms with van der Waals surface area (Å²) in [7, 11) is 1.60. The monoisotopic (exact) mass is 527 g/mol. The number of hydrogen-bond donors (Lipinski definition) is 1. The molecule has 1 fully saturated rings. The Labute approximate surface area is 230 Å². The van der Waals surface area contributed by atoms with Crippen LogP contribution < -0.4 is 14.4 Å². The molecule has 1 aliphatic rings. The first-order valence-corrected chi connectivity index (χ1v) is 13.3. The summed E-state index contributed by atoms with van der Waals surface area (Å²) in [5.74, 6) is -0.138. The molecule has 1 atom stereocenters. The molecule has 3 aromatic rings. The minimum Gasteiger partial charge on any atom is -0.507 e. The molecule has 0 radical (unpaired) electrons. The third-order valence-electron chi connectivity index (χ3n) is 7.09. The lowest BCUT2D eigenvalue weighted by Gasteiger charge is -2.27. The molecule has 3 aromatic carbocycles. The summed E-state index contributed by atoms with van der Waals surface area (Å²) in [6.07, 6.45) is 0. The number of aliphatic hydroxyl groups excluding tert-OH is 1. The van der Waals surface area contributed by atoms with Gasteiger partial charge >= 0.3 is 0 Å². The molecule has 1 saturated heterocycles. The number of amides is 1. The number of ether oxygens (including phenoxy) is 2. The van der Waals surface area contributed by atoms with Crippen LogP contribution in [0.25, 0.3) is 5.76 Å². The lowest BCUT2D eigenvalue weighted by atomic mass is 9.85. The van der Waals surface area contributed by atoms with Gasteiger partial charge in [0, 0.05) is 11.3 Å². The summed E-state index contributed by atoms with van der Waals surface area (Å²) in [5, 5.41) is 11.6. The van der Waals surface area contributed by atoms with Gasteiger partial charge in [0.2, 0.25) is 0 Å². The summed E-state index contributed by atoms with van der Waals surface area (Å²) < 4.78 is 11.1. The van der Waals surface area contributed by atoms with Crippen LogP contribution in [0.15, 0.2) is 72.3 Å². The van der Waals surface area contributed by atoms with Crippen molar-refractivity contribution in [1.29, 1.82) is 0 Å². The topological polar surface area (TPSA) is 76.1 Å². The first-order valence-electron chi connectivity index (χ1n) is 13.3. The number of rotatable bonds is 7. The fourth-order valence-corrected chi connectivity index (χ4v) is 4.94. The van der Waals surface area contributed by atoms with E-state index in [0.717, 1.165) is 16.7 Å².